The molecule has 6 atom stereocenters. The highest BCUT2D eigenvalue weighted by molar-refractivity contribution is 7.92. The lowest BCUT2D eigenvalue weighted by Crippen LogP contribution is -2.44. The molecule has 0 unspecified atom stereocenters. The van der Waals surface area contributed by atoms with E-state index in [-0.39, 0.29) is 18.4 Å². The molecule has 1 fully saturated rings. The van der Waals surface area contributed by atoms with Gasteiger partial charge in [0.05, 0.1) is 37.1 Å². The van der Waals surface area contributed by atoms with Gasteiger partial charge in [0.1, 0.15) is 5.75 Å². The fourth-order valence-corrected chi connectivity index (χ4v) is 5.72. The fraction of sp³-hybridized carbons (Fsp3) is 0.789. The molecule has 0 aromatic rings. The Hall–Kier alpha value is -1.45. The van der Waals surface area contributed by atoms with Crippen molar-refractivity contribution in [2.24, 2.45) is 11.8 Å². The number of methoxy groups -OCH3 is 1. The SMILES string of the molecule is COC(=O)CS(=O)(=O)[C@@H]1CC(=O)O[C@@H](C)CCC/C=C/[C@@H]2C[C@H](O)C[C@H]2[C@@H]1O. The molecule has 0 amide bonds. The molecule has 0 saturated heterocycles. The fourth-order valence-electron chi connectivity index (χ4n) is 4.04. The smallest absolute Gasteiger partial charge is 0.320 e. The molecule has 2 aliphatic rings. The van der Waals surface area contributed by atoms with Crippen LogP contribution in [0.1, 0.15) is 45.4 Å². The van der Waals surface area contributed by atoms with Crippen LogP contribution in [0.25, 0.3) is 0 Å². The highest BCUT2D eigenvalue weighted by atomic mass is 32.2. The number of cyclic esters (lactones) is 1. The molecule has 0 aromatic heterocycles. The van der Waals surface area contributed by atoms with Gasteiger partial charge in [-0.2, -0.15) is 0 Å². The molecule has 0 spiro atoms. The van der Waals surface area contributed by atoms with Crippen LogP contribution in [0.2, 0.25) is 0 Å². The number of carbonyl (C=O) groups is 2. The second-order valence-electron chi connectivity index (χ2n) is 7.73. The van der Waals surface area contributed by atoms with Gasteiger partial charge in [0, 0.05) is 0 Å². The van der Waals surface area contributed by atoms with E-state index < -0.39 is 57.3 Å². The van der Waals surface area contributed by atoms with Crippen LogP contribution in [-0.2, 0) is 28.9 Å². The average molecular weight is 419 g/mol. The predicted molar refractivity (Wildman–Crippen MR) is 101 cm³/mol. The molecule has 0 radical (unpaired) electrons. The number of hydrogen-bond acceptors (Lipinski definition) is 8. The van der Waals surface area contributed by atoms with Crippen LogP contribution >= 0.6 is 0 Å². The monoisotopic (exact) mass is 418 g/mol. The van der Waals surface area contributed by atoms with Crippen LogP contribution in [0.15, 0.2) is 12.2 Å². The molecule has 160 valence electrons. The lowest BCUT2D eigenvalue weighted by molar-refractivity contribution is -0.149. The van der Waals surface area contributed by atoms with Crippen molar-refractivity contribution < 1.29 is 37.7 Å². The highest BCUT2D eigenvalue weighted by Gasteiger charge is 2.45. The maximum absolute atomic E-state index is 12.8. The summed E-state index contributed by atoms with van der Waals surface area (Å²) in [7, 11) is -3.11. The van der Waals surface area contributed by atoms with Crippen molar-refractivity contribution in [3.63, 3.8) is 0 Å². The first-order valence-corrected chi connectivity index (χ1v) is 11.4. The molecule has 1 aliphatic carbocycles. The van der Waals surface area contributed by atoms with E-state index in [0.29, 0.717) is 12.8 Å². The number of sulfone groups is 1. The molecule has 0 aromatic carbocycles. The van der Waals surface area contributed by atoms with Gasteiger partial charge < -0.3 is 19.7 Å². The summed E-state index contributed by atoms with van der Waals surface area (Å²) in [5.74, 6) is -3.35. The Labute approximate surface area is 165 Å². The van der Waals surface area contributed by atoms with Crippen molar-refractivity contribution in [2.45, 2.75) is 69.0 Å². The quantitative estimate of drug-likeness (QED) is 0.508. The number of aliphatic hydroxyl groups is 2. The minimum atomic E-state index is -4.18. The highest BCUT2D eigenvalue weighted by Crippen LogP contribution is 2.38. The average Bonchev–Trinajstić information content (AvgIpc) is 2.98. The number of rotatable bonds is 3. The Bertz CT molecular complexity index is 686. The first-order chi connectivity index (χ1) is 13.1. The lowest BCUT2D eigenvalue weighted by Gasteiger charge is -2.29. The van der Waals surface area contributed by atoms with E-state index in [1.54, 1.807) is 6.92 Å². The second kappa shape index (κ2) is 9.84. The van der Waals surface area contributed by atoms with E-state index in [2.05, 4.69) is 4.74 Å². The van der Waals surface area contributed by atoms with Crippen molar-refractivity contribution >= 4 is 21.8 Å². The third kappa shape index (κ3) is 6.02. The van der Waals surface area contributed by atoms with Crippen molar-refractivity contribution in [3.8, 4) is 0 Å². The third-order valence-electron chi connectivity index (χ3n) is 5.53. The van der Waals surface area contributed by atoms with Gasteiger partial charge in [0.25, 0.3) is 0 Å². The van der Waals surface area contributed by atoms with Crippen molar-refractivity contribution in [3.05, 3.63) is 12.2 Å². The normalized spacial score (nSPS) is 36.2. The van der Waals surface area contributed by atoms with Crippen molar-refractivity contribution in [1.82, 2.24) is 0 Å². The number of carbonyl (C=O) groups excluding carboxylic acids is 2. The Morgan fingerprint density at radius 2 is 2.04 bits per heavy atom. The van der Waals surface area contributed by atoms with Crippen LogP contribution in [0.5, 0.6) is 0 Å². The lowest BCUT2D eigenvalue weighted by atomic mass is 9.87. The second-order valence-corrected chi connectivity index (χ2v) is 9.95. The van der Waals surface area contributed by atoms with E-state index >= 15 is 0 Å². The van der Waals surface area contributed by atoms with Crippen molar-refractivity contribution in [1.29, 1.82) is 0 Å². The number of allylic oxidation sites excluding steroid dienone is 2. The minimum absolute atomic E-state index is 0.199. The van der Waals surface area contributed by atoms with Crippen LogP contribution in [0.3, 0.4) is 0 Å². The number of ether oxygens (including phenoxy) is 2. The third-order valence-corrected chi connectivity index (χ3v) is 7.54. The number of fused-ring (bicyclic) bond motifs is 1. The standard InChI is InChI=1S/C19H30O8S/c1-12-6-4-3-5-7-13-8-14(20)9-15(13)19(23)16(10-17(21)27-12)28(24,25)11-18(22)26-2/h5,7,12-16,19-20,23H,3-4,6,8-11H2,1-2H3/b7-5+/t12-,13+,14-,15+,16+,19-/m0/s1. The molecular weight excluding hydrogens is 388 g/mol. The Morgan fingerprint density at radius 1 is 1.32 bits per heavy atom. The molecular formula is C19H30O8S. The summed E-state index contributed by atoms with van der Waals surface area (Å²) in [4.78, 5) is 23.9. The minimum Gasteiger partial charge on any atom is -0.468 e. The molecule has 0 bridgehead atoms. The van der Waals surface area contributed by atoms with Gasteiger partial charge >= 0.3 is 11.9 Å². The molecule has 1 heterocycles. The summed E-state index contributed by atoms with van der Waals surface area (Å²) >= 11 is 0. The van der Waals surface area contributed by atoms with Gasteiger partial charge in [-0.1, -0.05) is 12.2 Å². The zero-order valence-corrected chi connectivity index (χ0v) is 17.1. The van der Waals surface area contributed by atoms with Gasteiger partial charge in [-0.25, -0.2) is 8.42 Å². The van der Waals surface area contributed by atoms with E-state index in [1.807, 2.05) is 12.2 Å². The van der Waals surface area contributed by atoms with Gasteiger partial charge in [0.2, 0.25) is 0 Å². The first-order valence-electron chi connectivity index (χ1n) is 9.64. The Kier molecular flexibility index (Phi) is 8.03. The molecule has 9 heteroatoms. The van der Waals surface area contributed by atoms with Crippen LogP contribution in [-0.4, -0.2) is 67.0 Å². The zero-order chi connectivity index (χ0) is 20.9. The van der Waals surface area contributed by atoms with Gasteiger partial charge in [-0.3, -0.25) is 9.59 Å². The molecule has 1 saturated carbocycles. The maximum atomic E-state index is 12.8. The molecule has 1 aliphatic heterocycles. The molecule has 2 N–H and O–H groups in total. The number of hydrogen-bond donors (Lipinski definition) is 2. The van der Waals surface area contributed by atoms with Crippen LogP contribution < -0.4 is 0 Å². The van der Waals surface area contributed by atoms with E-state index in [4.69, 9.17) is 4.74 Å². The maximum Gasteiger partial charge on any atom is 0.320 e. The van der Waals surface area contributed by atoms with Gasteiger partial charge in [-0.05, 0) is 50.9 Å². The van der Waals surface area contributed by atoms with E-state index in [9.17, 15) is 28.2 Å². The molecule has 2 rings (SSSR count). The van der Waals surface area contributed by atoms with E-state index in [1.165, 1.54) is 0 Å². The summed E-state index contributed by atoms with van der Waals surface area (Å²) in [6, 6.07) is 0. The Morgan fingerprint density at radius 3 is 2.71 bits per heavy atom. The molecule has 8 nitrogen and oxygen atoms in total. The summed E-state index contributed by atoms with van der Waals surface area (Å²) in [5.41, 5.74) is 0. The number of aliphatic hydroxyl groups excluding tert-OH is 2. The van der Waals surface area contributed by atoms with E-state index in [0.717, 1.165) is 20.0 Å². The summed E-state index contributed by atoms with van der Waals surface area (Å²) < 4.78 is 35.3. The first kappa shape index (κ1) is 22.8. The summed E-state index contributed by atoms with van der Waals surface area (Å²) in [5, 5.41) is 19.5. The Balaban J connectivity index is 2.36. The van der Waals surface area contributed by atoms with Gasteiger partial charge in [-0.15, -0.1) is 0 Å². The van der Waals surface area contributed by atoms with Gasteiger partial charge in [0.15, 0.2) is 9.84 Å². The van der Waals surface area contributed by atoms with Crippen molar-refractivity contribution in [2.75, 3.05) is 12.9 Å². The topological polar surface area (TPSA) is 127 Å². The predicted octanol–water partition coefficient (Wildman–Crippen LogP) is 0.753. The zero-order valence-electron chi connectivity index (χ0n) is 16.3. The summed E-state index contributed by atoms with van der Waals surface area (Å²) in [6.07, 6.45) is 3.75. The molecule has 28 heavy (non-hydrogen) atoms. The van der Waals surface area contributed by atoms with Crippen LogP contribution in [0, 0.1) is 11.8 Å². The summed E-state index contributed by atoms with van der Waals surface area (Å²) in [6.45, 7) is 1.74. The largest absolute Gasteiger partial charge is 0.468 e. The number of esters is 2. The van der Waals surface area contributed by atoms with Crippen LogP contribution in [0.4, 0.5) is 0 Å².